The highest BCUT2D eigenvalue weighted by molar-refractivity contribution is 6.09. The molecule has 2 rings (SSSR count). The summed E-state index contributed by atoms with van der Waals surface area (Å²) < 4.78 is 5.65. The summed E-state index contributed by atoms with van der Waals surface area (Å²) in [5.74, 6) is -3.87. The van der Waals surface area contributed by atoms with E-state index in [0.717, 1.165) is 24.7 Å². The number of hydrogen-bond donors (Lipinski definition) is 1. The number of aryl methyl sites for hydroxylation is 1. The molecule has 0 spiro atoms. The largest absolute Gasteiger partial charge is 0.493 e. The van der Waals surface area contributed by atoms with Gasteiger partial charge in [0, 0.05) is 35.1 Å². The molecule has 9 nitrogen and oxygen atoms in total. The first-order chi connectivity index (χ1) is 17.2. The first-order valence-corrected chi connectivity index (χ1v) is 11.7. The Hall–Kier alpha value is -4.01. The quantitative estimate of drug-likeness (QED) is 0.158. The van der Waals surface area contributed by atoms with Crippen LogP contribution in [0.15, 0.2) is 53.7 Å². The molecule has 9 heteroatoms. The highest BCUT2D eigenvalue weighted by Crippen LogP contribution is 2.19. The van der Waals surface area contributed by atoms with Gasteiger partial charge in [0.25, 0.3) is 5.91 Å². The molecule has 2 aromatic carbocycles. The Morgan fingerprint density at radius 3 is 2.17 bits per heavy atom. The molecule has 0 aliphatic carbocycles. The van der Waals surface area contributed by atoms with Gasteiger partial charge in [-0.1, -0.05) is 31.2 Å². The number of unbranched alkanes of at least 4 members (excludes halogenated alkanes) is 1. The minimum Gasteiger partial charge on any atom is -0.493 e. The molecule has 2 aromatic rings. The highest BCUT2D eigenvalue weighted by Gasteiger charge is 2.25. The molecule has 0 bridgehead atoms. The Morgan fingerprint density at radius 1 is 1.00 bits per heavy atom. The van der Waals surface area contributed by atoms with Crippen LogP contribution in [0.1, 0.15) is 60.5 Å². The van der Waals surface area contributed by atoms with Gasteiger partial charge in [-0.2, -0.15) is 0 Å². The third kappa shape index (κ3) is 8.98. The van der Waals surface area contributed by atoms with E-state index in [9.17, 15) is 28.9 Å². The molecule has 2 atom stereocenters. The number of amides is 1. The lowest BCUT2D eigenvalue weighted by atomic mass is 9.94. The smallest absolute Gasteiger partial charge is 0.304 e. The summed E-state index contributed by atoms with van der Waals surface area (Å²) in [4.78, 5) is 68.2. The maximum Gasteiger partial charge on any atom is 0.304 e. The van der Waals surface area contributed by atoms with Crippen LogP contribution >= 0.6 is 0 Å². The molecule has 2 unspecified atom stereocenters. The van der Waals surface area contributed by atoms with Gasteiger partial charge in [-0.15, -0.1) is 4.91 Å². The summed E-state index contributed by atoms with van der Waals surface area (Å²) in [7, 11) is 0. The molecule has 0 aromatic heterocycles. The molecule has 0 saturated heterocycles. The minimum absolute atomic E-state index is 0.0567. The lowest BCUT2D eigenvalue weighted by Crippen LogP contribution is -2.22. The second-order valence-corrected chi connectivity index (χ2v) is 8.55. The van der Waals surface area contributed by atoms with Gasteiger partial charge in [-0.05, 0) is 49.1 Å². The summed E-state index contributed by atoms with van der Waals surface area (Å²) >= 11 is 0. The molecule has 0 radical (unpaired) electrons. The second kappa shape index (κ2) is 14.4. The first kappa shape index (κ1) is 28.2. The predicted octanol–water partition coefficient (Wildman–Crippen LogP) is 4.19. The second-order valence-electron chi connectivity index (χ2n) is 8.55. The number of carbonyl (C=O) groups excluding carboxylic acids is 4. The fourth-order valence-electron chi connectivity index (χ4n) is 3.56. The molecule has 0 fully saturated rings. The van der Waals surface area contributed by atoms with Gasteiger partial charge in [0.2, 0.25) is 0 Å². The van der Waals surface area contributed by atoms with Gasteiger partial charge in [0.15, 0.2) is 5.78 Å². The number of Topliss-reactive ketones (excluding diaryl/α,β-unsaturated/α-hetero) is 1. The molecule has 1 N–H and O–H groups in total. The van der Waals surface area contributed by atoms with E-state index in [-0.39, 0.29) is 31.0 Å². The molecule has 1 amide bonds. The van der Waals surface area contributed by atoms with E-state index < -0.39 is 30.1 Å². The van der Waals surface area contributed by atoms with Gasteiger partial charge in [0.05, 0.1) is 18.9 Å². The molecule has 0 aliphatic heterocycles. The molecule has 190 valence electrons. The normalized spacial score (nSPS) is 12.2. The summed E-state index contributed by atoms with van der Waals surface area (Å²) in [6.45, 7) is 1.70. The zero-order chi connectivity index (χ0) is 26.5. The standard InChI is InChI=1S/C27H29NO8/c1-18(24(30)14-11-22(16-25(31)32)27(34)28-35)17-36-23-12-9-21(10-13-23)26(33)20-7-5-19(6-8-20)4-2-3-15-29/h5-10,12-13,15,18,22H,2-4,11,14,16-17H2,1H3,(H,31,32). The van der Waals surface area contributed by atoms with Crippen molar-refractivity contribution in [2.24, 2.45) is 17.0 Å². The third-order valence-corrected chi connectivity index (χ3v) is 5.77. The van der Waals surface area contributed by atoms with E-state index in [2.05, 4.69) is 5.18 Å². The average Bonchev–Trinajstić information content (AvgIpc) is 2.89. The molecule has 0 heterocycles. The summed E-state index contributed by atoms with van der Waals surface area (Å²) in [6, 6.07) is 13.8. The van der Waals surface area contributed by atoms with Crippen LogP contribution in [0, 0.1) is 16.7 Å². The van der Waals surface area contributed by atoms with Crippen molar-refractivity contribution in [2.75, 3.05) is 6.61 Å². The van der Waals surface area contributed by atoms with Crippen LogP contribution in [0.3, 0.4) is 0 Å². The van der Waals surface area contributed by atoms with Crippen molar-refractivity contribution in [3.8, 4) is 5.75 Å². The summed E-state index contributed by atoms with van der Waals surface area (Å²) in [6.07, 6.45) is 2.24. The number of carbonyl (C=O) groups is 5. The van der Waals surface area contributed by atoms with Crippen molar-refractivity contribution in [1.29, 1.82) is 0 Å². The van der Waals surface area contributed by atoms with Crippen molar-refractivity contribution >= 4 is 29.7 Å². The van der Waals surface area contributed by atoms with E-state index in [0.29, 0.717) is 23.3 Å². The maximum absolute atomic E-state index is 12.7. The first-order valence-electron chi connectivity index (χ1n) is 11.7. The Kier molecular flexibility index (Phi) is 11.3. The Bertz CT molecular complexity index is 1080. The van der Waals surface area contributed by atoms with Gasteiger partial charge in [-0.3, -0.25) is 19.2 Å². The van der Waals surface area contributed by atoms with Crippen LogP contribution in [-0.4, -0.2) is 41.4 Å². The van der Waals surface area contributed by atoms with Crippen LogP contribution < -0.4 is 4.74 Å². The third-order valence-electron chi connectivity index (χ3n) is 5.77. The highest BCUT2D eigenvalue weighted by atomic mass is 16.5. The van der Waals surface area contributed by atoms with Crippen molar-refractivity contribution < 1.29 is 33.8 Å². The monoisotopic (exact) mass is 495 g/mol. The van der Waals surface area contributed by atoms with Crippen LogP contribution in [0.4, 0.5) is 0 Å². The molecular formula is C27H29NO8. The SMILES string of the molecule is CC(COc1ccc(C(=O)c2ccc(CCCC=O)cc2)cc1)C(=O)CCC(CC(=O)O)C(=O)N=O. The predicted molar refractivity (Wildman–Crippen MR) is 131 cm³/mol. The number of nitroso groups, excluding NO2 is 1. The number of aliphatic carboxylic acids is 1. The van der Waals surface area contributed by atoms with Gasteiger partial charge in [0.1, 0.15) is 17.8 Å². The van der Waals surface area contributed by atoms with Crippen molar-refractivity contribution in [2.45, 2.75) is 45.4 Å². The minimum atomic E-state index is -1.24. The Morgan fingerprint density at radius 2 is 1.61 bits per heavy atom. The summed E-state index contributed by atoms with van der Waals surface area (Å²) in [5.41, 5.74) is 2.09. The van der Waals surface area contributed by atoms with Crippen molar-refractivity contribution in [1.82, 2.24) is 0 Å². The number of nitrogens with zero attached hydrogens (tertiary/aromatic N) is 1. The van der Waals surface area contributed by atoms with Crippen molar-refractivity contribution in [3.05, 3.63) is 70.1 Å². The van der Waals surface area contributed by atoms with E-state index in [1.54, 1.807) is 43.3 Å². The average molecular weight is 496 g/mol. The van der Waals surface area contributed by atoms with Crippen molar-refractivity contribution in [3.63, 3.8) is 0 Å². The van der Waals surface area contributed by atoms with E-state index >= 15 is 0 Å². The summed E-state index contributed by atoms with van der Waals surface area (Å²) in [5, 5.41) is 11.1. The number of rotatable bonds is 16. The lowest BCUT2D eigenvalue weighted by Gasteiger charge is -2.14. The van der Waals surface area contributed by atoms with Gasteiger partial charge < -0.3 is 14.6 Å². The zero-order valence-electron chi connectivity index (χ0n) is 20.1. The van der Waals surface area contributed by atoms with Gasteiger partial charge in [-0.25, -0.2) is 0 Å². The number of aldehydes is 1. The Balaban J connectivity index is 1.86. The number of ether oxygens (including phenoxy) is 1. The molecular weight excluding hydrogens is 466 g/mol. The topological polar surface area (TPSA) is 144 Å². The van der Waals surface area contributed by atoms with E-state index in [4.69, 9.17) is 9.84 Å². The molecule has 0 saturated carbocycles. The van der Waals surface area contributed by atoms with E-state index in [1.165, 1.54) is 0 Å². The Labute approximate surface area is 208 Å². The van der Waals surface area contributed by atoms with Gasteiger partial charge >= 0.3 is 5.97 Å². The van der Waals surface area contributed by atoms with Crippen LogP contribution in [0.25, 0.3) is 0 Å². The number of benzene rings is 2. The maximum atomic E-state index is 12.7. The van der Waals surface area contributed by atoms with Crippen LogP contribution in [0.2, 0.25) is 0 Å². The fourth-order valence-corrected chi connectivity index (χ4v) is 3.56. The number of carboxylic acids is 1. The molecule has 0 aliphatic rings. The lowest BCUT2D eigenvalue weighted by molar-refractivity contribution is -0.141. The van der Waals surface area contributed by atoms with Crippen LogP contribution in [0.5, 0.6) is 5.75 Å². The zero-order valence-corrected chi connectivity index (χ0v) is 20.1. The molecule has 36 heavy (non-hydrogen) atoms. The number of hydrogen-bond acceptors (Lipinski definition) is 7. The number of ketones is 2. The number of carboxylic acid groups (broad SMARTS) is 1. The fraction of sp³-hybridized carbons (Fsp3) is 0.370. The van der Waals surface area contributed by atoms with Crippen LogP contribution in [-0.2, 0) is 25.6 Å². The van der Waals surface area contributed by atoms with E-state index in [1.807, 2.05) is 12.1 Å².